The van der Waals surface area contributed by atoms with Gasteiger partial charge in [-0.25, -0.2) is 9.78 Å². The van der Waals surface area contributed by atoms with Gasteiger partial charge in [-0.3, -0.25) is 0 Å². The predicted octanol–water partition coefficient (Wildman–Crippen LogP) is 2.76. The number of nitrogens with zero attached hydrogens (tertiary/aromatic N) is 1. The summed E-state index contributed by atoms with van der Waals surface area (Å²) < 4.78 is 4.97. The molecule has 0 radical (unpaired) electrons. The van der Waals surface area contributed by atoms with E-state index in [1.165, 1.54) is 22.7 Å². The molecule has 4 nitrogen and oxygen atoms in total. The molecule has 0 amide bonds. The largest absolute Gasteiger partial charge is 0.477 e. The highest BCUT2D eigenvalue weighted by Gasteiger charge is 2.19. The molecule has 17 heavy (non-hydrogen) atoms. The van der Waals surface area contributed by atoms with E-state index in [9.17, 15) is 4.79 Å². The van der Waals surface area contributed by atoms with Crippen LogP contribution in [0.4, 0.5) is 0 Å². The predicted molar refractivity (Wildman–Crippen MR) is 68.0 cm³/mol. The number of aromatic nitrogens is 1. The van der Waals surface area contributed by atoms with Gasteiger partial charge in [0.15, 0.2) is 0 Å². The Labute approximate surface area is 107 Å². The first-order valence-corrected chi connectivity index (χ1v) is 6.67. The Morgan fingerprint density at radius 2 is 2.41 bits per heavy atom. The van der Waals surface area contributed by atoms with Gasteiger partial charge >= 0.3 is 5.97 Å². The smallest absolute Gasteiger partial charge is 0.348 e. The van der Waals surface area contributed by atoms with Crippen molar-refractivity contribution < 1.29 is 14.6 Å². The Bertz CT molecular complexity index is 505. The Morgan fingerprint density at radius 1 is 1.59 bits per heavy atom. The molecule has 2 rings (SSSR count). The molecular formula is C11H11NO3S2. The fourth-order valence-corrected chi connectivity index (χ4v) is 3.07. The van der Waals surface area contributed by atoms with Crippen LogP contribution in [0.5, 0.6) is 0 Å². The lowest BCUT2D eigenvalue weighted by molar-refractivity contribution is 0.0703. The second kappa shape index (κ2) is 5.39. The summed E-state index contributed by atoms with van der Waals surface area (Å²) in [5, 5.41) is 11.9. The van der Waals surface area contributed by atoms with Gasteiger partial charge in [-0.2, -0.15) is 0 Å². The van der Waals surface area contributed by atoms with Crippen LogP contribution in [-0.2, 0) is 11.2 Å². The highest BCUT2D eigenvalue weighted by molar-refractivity contribution is 7.16. The van der Waals surface area contributed by atoms with Crippen molar-refractivity contribution in [3.05, 3.63) is 27.4 Å². The van der Waals surface area contributed by atoms with Crippen molar-refractivity contribution in [2.45, 2.75) is 6.42 Å². The topological polar surface area (TPSA) is 59.4 Å². The van der Waals surface area contributed by atoms with E-state index >= 15 is 0 Å². The van der Waals surface area contributed by atoms with E-state index in [1.807, 2.05) is 17.5 Å². The number of carbonyl (C=O) groups is 1. The molecule has 0 saturated carbocycles. The van der Waals surface area contributed by atoms with Crippen LogP contribution in [0, 0.1) is 0 Å². The minimum Gasteiger partial charge on any atom is -0.477 e. The maximum absolute atomic E-state index is 11.1. The first kappa shape index (κ1) is 12.2. The summed E-state index contributed by atoms with van der Waals surface area (Å²) in [5.74, 6) is -0.922. The van der Waals surface area contributed by atoms with E-state index in [0.717, 1.165) is 9.88 Å². The van der Waals surface area contributed by atoms with Gasteiger partial charge in [0.25, 0.3) is 0 Å². The zero-order valence-electron chi connectivity index (χ0n) is 9.17. The van der Waals surface area contributed by atoms with Crippen molar-refractivity contribution in [2.75, 3.05) is 13.7 Å². The number of thiazole rings is 1. The summed E-state index contributed by atoms with van der Waals surface area (Å²) in [6.07, 6.45) is 0.646. The number of thiophene rings is 1. The van der Waals surface area contributed by atoms with Crippen LogP contribution in [0.25, 0.3) is 10.6 Å². The number of hydrogen-bond acceptors (Lipinski definition) is 5. The van der Waals surface area contributed by atoms with Crippen molar-refractivity contribution in [1.82, 2.24) is 4.98 Å². The van der Waals surface area contributed by atoms with Crippen molar-refractivity contribution in [3.63, 3.8) is 0 Å². The van der Waals surface area contributed by atoms with Gasteiger partial charge in [-0.15, -0.1) is 22.7 Å². The molecule has 0 aliphatic heterocycles. The lowest BCUT2D eigenvalue weighted by Gasteiger charge is -1.93. The van der Waals surface area contributed by atoms with Gasteiger partial charge in [0.2, 0.25) is 0 Å². The van der Waals surface area contributed by atoms with Gasteiger partial charge in [0, 0.05) is 13.5 Å². The molecule has 2 heterocycles. The monoisotopic (exact) mass is 269 g/mol. The molecule has 1 N–H and O–H groups in total. The first-order valence-electron chi connectivity index (χ1n) is 4.98. The van der Waals surface area contributed by atoms with Gasteiger partial charge < -0.3 is 9.84 Å². The first-order chi connectivity index (χ1) is 8.22. The zero-order valence-corrected chi connectivity index (χ0v) is 10.8. The second-order valence-corrected chi connectivity index (χ2v) is 5.34. The summed E-state index contributed by atoms with van der Waals surface area (Å²) in [6, 6.07) is 3.77. The van der Waals surface area contributed by atoms with Crippen LogP contribution in [0.3, 0.4) is 0 Å². The summed E-state index contributed by atoms with van der Waals surface area (Å²) >= 11 is 2.72. The quantitative estimate of drug-likeness (QED) is 0.906. The number of hydrogen-bond donors (Lipinski definition) is 1. The van der Waals surface area contributed by atoms with E-state index in [4.69, 9.17) is 9.84 Å². The second-order valence-electron chi connectivity index (χ2n) is 3.31. The van der Waals surface area contributed by atoms with Crippen molar-refractivity contribution in [3.8, 4) is 10.6 Å². The molecule has 0 atom stereocenters. The molecule has 0 aliphatic carbocycles. The third-order valence-corrected chi connectivity index (χ3v) is 4.12. The molecule has 0 saturated heterocycles. The van der Waals surface area contributed by atoms with Gasteiger partial charge in [-0.1, -0.05) is 6.07 Å². The third kappa shape index (κ3) is 2.71. The van der Waals surface area contributed by atoms with Crippen molar-refractivity contribution in [2.24, 2.45) is 0 Å². The fraction of sp³-hybridized carbons (Fsp3) is 0.273. The standard InChI is InChI=1S/C11H11NO3S2/c1-15-5-4-8-12-9(7-3-2-6-16-7)10(17-8)11(13)14/h2-3,6H,4-5H2,1H3,(H,13,14). The Morgan fingerprint density at radius 3 is 3.00 bits per heavy atom. The number of methoxy groups -OCH3 is 1. The molecule has 90 valence electrons. The van der Waals surface area contributed by atoms with E-state index in [0.29, 0.717) is 23.6 Å². The maximum atomic E-state index is 11.1. The van der Waals surface area contributed by atoms with E-state index in [1.54, 1.807) is 7.11 Å². The molecule has 0 aliphatic rings. The molecule has 2 aromatic heterocycles. The Kier molecular flexibility index (Phi) is 3.88. The minimum atomic E-state index is -0.922. The summed E-state index contributed by atoms with van der Waals surface area (Å²) in [4.78, 5) is 16.7. The zero-order chi connectivity index (χ0) is 12.3. The summed E-state index contributed by atoms with van der Waals surface area (Å²) in [7, 11) is 1.62. The number of carboxylic acids is 1. The van der Waals surface area contributed by atoms with Crippen LogP contribution in [-0.4, -0.2) is 29.8 Å². The van der Waals surface area contributed by atoms with Gasteiger partial charge in [0.1, 0.15) is 10.6 Å². The van der Waals surface area contributed by atoms with Crippen LogP contribution in [0.1, 0.15) is 14.7 Å². The normalized spacial score (nSPS) is 10.6. The van der Waals surface area contributed by atoms with E-state index < -0.39 is 5.97 Å². The lowest BCUT2D eigenvalue weighted by atomic mass is 10.3. The molecular weight excluding hydrogens is 258 g/mol. The highest BCUT2D eigenvalue weighted by Crippen LogP contribution is 2.31. The molecule has 2 aromatic rings. The number of ether oxygens (including phenoxy) is 1. The fourth-order valence-electron chi connectivity index (χ4n) is 1.39. The average Bonchev–Trinajstić information content (AvgIpc) is 2.94. The Balaban J connectivity index is 2.36. The van der Waals surface area contributed by atoms with Crippen molar-refractivity contribution in [1.29, 1.82) is 0 Å². The average molecular weight is 269 g/mol. The van der Waals surface area contributed by atoms with Gasteiger partial charge in [0.05, 0.1) is 16.5 Å². The highest BCUT2D eigenvalue weighted by atomic mass is 32.1. The number of aromatic carboxylic acids is 1. The van der Waals surface area contributed by atoms with Crippen molar-refractivity contribution >= 4 is 28.6 Å². The van der Waals surface area contributed by atoms with E-state index in [2.05, 4.69) is 4.98 Å². The van der Waals surface area contributed by atoms with Crippen LogP contribution < -0.4 is 0 Å². The van der Waals surface area contributed by atoms with E-state index in [-0.39, 0.29) is 0 Å². The van der Waals surface area contributed by atoms with Crippen LogP contribution in [0.2, 0.25) is 0 Å². The SMILES string of the molecule is COCCc1nc(-c2cccs2)c(C(=O)O)s1. The summed E-state index contributed by atoms with van der Waals surface area (Å²) in [6.45, 7) is 0.552. The maximum Gasteiger partial charge on any atom is 0.348 e. The molecule has 0 bridgehead atoms. The summed E-state index contributed by atoms with van der Waals surface area (Å²) in [5.41, 5.74) is 0.573. The molecule has 6 heteroatoms. The minimum absolute atomic E-state index is 0.304. The molecule has 0 spiro atoms. The lowest BCUT2D eigenvalue weighted by Crippen LogP contribution is -1.94. The van der Waals surface area contributed by atoms with Crippen LogP contribution >= 0.6 is 22.7 Å². The number of rotatable bonds is 5. The third-order valence-electron chi connectivity index (χ3n) is 2.14. The number of carboxylic acid groups (broad SMARTS) is 1. The molecule has 0 fully saturated rings. The molecule has 0 unspecified atom stereocenters. The Hall–Kier alpha value is -1.24. The van der Waals surface area contributed by atoms with Gasteiger partial charge in [-0.05, 0) is 11.4 Å². The molecule has 0 aromatic carbocycles. The van der Waals surface area contributed by atoms with Crippen LogP contribution in [0.15, 0.2) is 17.5 Å².